The molecule has 1 aliphatic heterocycles. The summed E-state index contributed by atoms with van der Waals surface area (Å²) in [5, 5.41) is 3.28. The predicted octanol–water partition coefficient (Wildman–Crippen LogP) is 1.87. The van der Waals surface area contributed by atoms with Crippen LogP contribution in [0.3, 0.4) is 0 Å². The first-order valence-electron chi connectivity index (χ1n) is 6.85. The van der Waals surface area contributed by atoms with E-state index in [1.807, 2.05) is 6.92 Å². The molecule has 3 heterocycles. The van der Waals surface area contributed by atoms with Gasteiger partial charge in [-0.05, 0) is 19.1 Å². The van der Waals surface area contributed by atoms with E-state index in [-0.39, 0.29) is 16.9 Å². The SMILES string of the molecule is Cc1nc2ccc(-n3c(N)c4c(cc3=O)C(=O)NC4=O)c(Cl)c2s1. The number of nitrogens with two attached hydrogens (primary N) is 1. The van der Waals surface area contributed by atoms with Crippen LogP contribution >= 0.6 is 22.9 Å². The highest BCUT2D eigenvalue weighted by Gasteiger charge is 2.32. The van der Waals surface area contributed by atoms with Crippen molar-refractivity contribution in [3.05, 3.63) is 49.7 Å². The fourth-order valence-electron chi connectivity index (χ4n) is 2.76. The Morgan fingerprint density at radius 1 is 1.25 bits per heavy atom. The van der Waals surface area contributed by atoms with Gasteiger partial charge in [-0.25, -0.2) is 4.98 Å². The van der Waals surface area contributed by atoms with Gasteiger partial charge in [0, 0.05) is 6.07 Å². The molecule has 9 heteroatoms. The van der Waals surface area contributed by atoms with Crippen molar-refractivity contribution in [1.29, 1.82) is 0 Å². The number of carbonyl (C=O) groups excluding carboxylic acids is 2. The lowest BCUT2D eigenvalue weighted by Crippen LogP contribution is -2.24. The highest BCUT2D eigenvalue weighted by molar-refractivity contribution is 7.19. The second kappa shape index (κ2) is 4.89. The maximum absolute atomic E-state index is 12.5. The normalized spacial score (nSPS) is 13.4. The van der Waals surface area contributed by atoms with Crippen LogP contribution in [0, 0.1) is 6.92 Å². The molecule has 0 radical (unpaired) electrons. The summed E-state index contributed by atoms with van der Waals surface area (Å²) < 4.78 is 1.85. The smallest absolute Gasteiger partial charge is 0.262 e. The molecule has 0 fully saturated rings. The molecule has 0 saturated heterocycles. The van der Waals surface area contributed by atoms with E-state index in [1.165, 1.54) is 11.3 Å². The van der Waals surface area contributed by atoms with Crippen LogP contribution in [0.2, 0.25) is 5.02 Å². The zero-order chi connectivity index (χ0) is 17.2. The van der Waals surface area contributed by atoms with Gasteiger partial charge in [0.2, 0.25) is 0 Å². The molecule has 3 aromatic rings. The lowest BCUT2D eigenvalue weighted by Gasteiger charge is -2.13. The average Bonchev–Trinajstić information content (AvgIpc) is 3.02. The summed E-state index contributed by atoms with van der Waals surface area (Å²) in [4.78, 5) is 40.4. The molecule has 24 heavy (non-hydrogen) atoms. The average molecular weight is 361 g/mol. The first-order valence-corrected chi connectivity index (χ1v) is 8.05. The van der Waals surface area contributed by atoms with Gasteiger partial charge in [0.1, 0.15) is 5.82 Å². The van der Waals surface area contributed by atoms with Crippen LogP contribution in [-0.2, 0) is 0 Å². The van der Waals surface area contributed by atoms with Crippen LogP contribution in [0.25, 0.3) is 15.9 Å². The van der Waals surface area contributed by atoms with Crippen molar-refractivity contribution in [3.63, 3.8) is 0 Å². The number of hydrogen-bond acceptors (Lipinski definition) is 6. The lowest BCUT2D eigenvalue weighted by atomic mass is 10.1. The molecule has 0 atom stereocenters. The lowest BCUT2D eigenvalue weighted by molar-refractivity contribution is 0.0880. The molecule has 7 nitrogen and oxygen atoms in total. The van der Waals surface area contributed by atoms with Gasteiger partial charge in [-0.2, -0.15) is 0 Å². The molecular weight excluding hydrogens is 352 g/mol. The maximum Gasteiger partial charge on any atom is 0.262 e. The molecule has 2 aromatic heterocycles. The number of nitrogens with one attached hydrogen (secondary N) is 1. The minimum atomic E-state index is -0.634. The first kappa shape index (κ1) is 14.9. The molecule has 0 bridgehead atoms. The number of fused-ring (bicyclic) bond motifs is 2. The van der Waals surface area contributed by atoms with Crippen LogP contribution in [-0.4, -0.2) is 21.4 Å². The number of aryl methyl sites for hydroxylation is 1. The molecule has 120 valence electrons. The summed E-state index contributed by atoms with van der Waals surface area (Å²) >= 11 is 7.83. The summed E-state index contributed by atoms with van der Waals surface area (Å²) in [7, 11) is 0. The third kappa shape index (κ3) is 1.90. The van der Waals surface area contributed by atoms with Gasteiger partial charge in [-0.1, -0.05) is 11.6 Å². The molecule has 0 unspecified atom stereocenters. The van der Waals surface area contributed by atoms with E-state index in [9.17, 15) is 14.4 Å². The van der Waals surface area contributed by atoms with Crippen molar-refractivity contribution < 1.29 is 9.59 Å². The Labute approximate surface area is 143 Å². The number of anilines is 1. The zero-order valence-electron chi connectivity index (χ0n) is 12.2. The predicted molar refractivity (Wildman–Crippen MR) is 91.2 cm³/mol. The van der Waals surface area contributed by atoms with E-state index in [0.29, 0.717) is 16.2 Å². The molecular formula is C15H9ClN4O3S. The molecule has 1 aliphatic rings. The summed E-state index contributed by atoms with van der Waals surface area (Å²) in [6.07, 6.45) is 0. The van der Waals surface area contributed by atoms with E-state index >= 15 is 0 Å². The van der Waals surface area contributed by atoms with Gasteiger partial charge in [0.05, 0.1) is 37.1 Å². The Kier molecular flexibility index (Phi) is 3.03. The van der Waals surface area contributed by atoms with Crippen molar-refractivity contribution in [3.8, 4) is 5.69 Å². The Balaban J connectivity index is 2.07. The number of amides is 2. The monoisotopic (exact) mass is 360 g/mol. The van der Waals surface area contributed by atoms with Gasteiger partial charge in [0.15, 0.2) is 0 Å². The second-order valence-corrected chi connectivity index (χ2v) is 6.84. The van der Waals surface area contributed by atoms with Gasteiger partial charge in [-0.3, -0.25) is 24.3 Å². The standard InChI is InChI=1S/C15H9ClN4O3S/c1-5-18-7-2-3-8(11(16)12(7)24-5)20-9(21)4-6-10(13(20)17)15(23)19-14(6)22/h2-4H,17H2,1H3,(H,19,22,23). The molecule has 0 aliphatic carbocycles. The summed E-state index contributed by atoms with van der Waals surface area (Å²) in [5.74, 6) is -1.39. The molecule has 1 aromatic carbocycles. The number of imide groups is 1. The molecule has 4 rings (SSSR count). The third-order valence-corrected chi connectivity index (χ3v) is 5.28. The maximum atomic E-state index is 12.5. The number of nitrogen functional groups attached to an aromatic ring is 1. The van der Waals surface area contributed by atoms with E-state index in [4.69, 9.17) is 17.3 Å². The van der Waals surface area contributed by atoms with E-state index in [1.54, 1.807) is 12.1 Å². The molecule has 3 N–H and O–H groups in total. The second-order valence-electron chi connectivity index (χ2n) is 5.25. The van der Waals surface area contributed by atoms with Gasteiger partial charge in [-0.15, -0.1) is 11.3 Å². The van der Waals surface area contributed by atoms with Crippen molar-refractivity contribution in [2.45, 2.75) is 6.92 Å². The van der Waals surface area contributed by atoms with Gasteiger partial charge >= 0.3 is 0 Å². The van der Waals surface area contributed by atoms with E-state index in [0.717, 1.165) is 20.3 Å². The highest BCUT2D eigenvalue weighted by Crippen LogP contribution is 2.35. The summed E-state index contributed by atoms with van der Waals surface area (Å²) in [5.41, 5.74) is 6.49. The van der Waals surface area contributed by atoms with E-state index < -0.39 is 17.4 Å². The third-order valence-electron chi connectivity index (χ3n) is 3.78. The number of nitrogens with zero attached hydrogens (tertiary/aromatic N) is 2. The number of rotatable bonds is 1. The topological polar surface area (TPSA) is 107 Å². The summed E-state index contributed by atoms with van der Waals surface area (Å²) in [6, 6.07) is 4.43. The largest absolute Gasteiger partial charge is 0.384 e. The first-order chi connectivity index (χ1) is 11.4. The Hall–Kier alpha value is -2.71. The van der Waals surface area contributed by atoms with Gasteiger partial charge < -0.3 is 5.73 Å². The van der Waals surface area contributed by atoms with Crippen LogP contribution in [0.15, 0.2) is 23.0 Å². The van der Waals surface area contributed by atoms with Crippen LogP contribution in [0.4, 0.5) is 5.82 Å². The fourth-order valence-corrected chi connectivity index (χ4v) is 3.97. The number of pyridine rings is 1. The Morgan fingerprint density at radius 3 is 2.75 bits per heavy atom. The summed E-state index contributed by atoms with van der Waals surface area (Å²) in [6.45, 7) is 1.85. The molecule has 2 amide bonds. The number of hydrogen-bond donors (Lipinski definition) is 2. The van der Waals surface area contributed by atoms with Crippen molar-refractivity contribution >= 4 is 50.8 Å². The van der Waals surface area contributed by atoms with Gasteiger partial charge in [0.25, 0.3) is 17.4 Å². The highest BCUT2D eigenvalue weighted by atomic mass is 35.5. The Morgan fingerprint density at radius 2 is 2.00 bits per heavy atom. The number of aromatic nitrogens is 2. The number of halogens is 1. The Bertz CT molecular complexity index is 1130. The zero-order valence-corrected chi connectivity index (χ0v) is 13.8. The minimum Gasteiger partial charge on any atom is -0.384 e. The number of thiazole rings is 1. The quantitative estimate of drug-likeness (QED) is 0.644. The van der Waals surface area contributed by atoms with Crippen molar-refractivity contribution in [2.75, 3.05) is 5.73 Å². The van der Waals surface area contributed by atoms with Crippen molar-refractivity contribution in [1.82, 2.24) is 14.9 Å². The van der Waals surface area contributed by atoms with Crippen LogP contribution in [0.1, 0.15) is 25.7 Å². The number of benzene rings is 1. The number of carbonyl (C=O) groups is 2. The molecule has 0 spiro atoms. The van der Waals surface area contributed by atoms with Crippen LogP contribution in [0.5, 0.6) is 0 Å². The van der Waals surface area contributed by atoms with E-state index in [2.05, 4.69) is 10.3 Å². The van der Waals surface area contributed by atoms with Crippen molar-refractivity contribution in [2.24, 2.45) is 0 Å². The minimum absolute atomic E-state index is 0.0174. The van der Waals surface area contributed by atoms with Crippen LogP contribution < -0.4 is 16.6 Å². The fraction of sp³-hybridized carbons (Fsp3) is 0.0667. The molecule has 0 saturated carbocycles.